The van der Waals surface area contributed by atoms with Crippen molar-refractivity contribution in [2.24, 2.45) is 0 Å². The minimum atomic E-state index is -0.559. The number of benzene rings is 1. The van der Waals surface area contributed by atoms with Gasteiger partial charge < -0.3 is 14.7 Å². The van der Waals surface area contributed by atoms with E-state index in [9.17, 15) is 14.3 Å². The summed E-state index contributed by atoms with van der Waals surface area (Å²) in [6.07, 6.45) is 3.94. The van der Waals surface area contributed by atoms with Gasteiger partial charge in [0.2, 0.25) is 5.75 Å². The van der Waals surface area contributed by atoms with Gasteiger partial charge in [0.1, 0.15) is 16.5 Å². The van der Waals surface area contributed by atoms with Crippen LogP contribution in [0.4, 0.5) is 10.1 Å². The fourth-order valence-electron chi connectivity index (χ4n) is 3.62. The van der Waals surface area contributed by atoms with Crippen molar-refractivity contribution in [2.75, 3.05) is 31.2 Å². The SMILES string of the molecule is O=c1c(O)c(-c2ncc(Cc3ccc(F)cc3)s2)nc2c(Br)cc(N3CCOCC3)cn12. The Balaban J connectivity index is 1.52. The van der Waals surface area contributed by atoms with Crippen LogP contribution in [-0.4, -0.2) is 45.8 Å². The first-order chi connectivity index (χ1) is 15.5. The van der Waals surface area contributed by atoms with Crippen LogP contribution >= 0.6 is 27.3 Å². The molecule has 0 spiro atoms. The average Bonchev–Trinajstić information content (AvgIpc) is 3.26. The second-order valence-corrected chi connectivity index (χ2v) is 9.36. The molecule has 0 saturated carbocycles. The highest BCUT2D eigenvalue weighted by Crippen LogP contribution is 2.32. The van der Waals surface area contributed by atoms with Gasteiger partial charge in [-0.25, -0.2) is 14.4 Å². The molecule has 0 radical (unpaired) electrons. The summed E-state index contributed by atoms with van der Waals surface area (Å²) in [6.45, 7) is 2.69. The van der Waals surface area contributed by atoms with Crippen LogP contribution < -0.4 is 10.5 Å². The van der Waals surface area contributed by atoms with Crippen LogP contribution in [0.2, 0.25) is 0 Å². The van der Waals surface area contributed by atoms with Crippen LogP contribution in [0.15, 0.2) is 52.0 Å². The monoisotopic (exact) mass is 516 g/mol. The summed E-state index contributed by atoms with van der Waals surface area (Å²) in [7, 11) is 0. The third kappa shape index (κ3) is 4.01. The summed E-state index contributed by atoms with van der Waals surface area (Å²) in [5, 5.41) is 11.1. The largest absolute Gasteiger partial charge is 0.501 e. The second kappa shape index (κ2) is 8.61. The number of ether oxygens (including phenoxy) is 1. The average molecular weight is 517 g/mol. The Kier molecular flexibility index (Phi) is 5.66. The molecule has 1 aromatic carbocycles. The van der Waals surface area contributed by atoms with Crippen LogP contribution in [0.25, 0.3) is 16.3 Å². The van der Waals surface area contributed by atoms with Gasteiger partial charge in [-0.15, -0.1) is 11.3 Å². The van der Waals surface area contributed by atoms with Gasteiger partial charge in [0, 0.05) is 36.8 Å². The smallest absolute Gasteiger partial charge is 0.300 e. The number of morpholine rings is 1. The predicted molar refractivity (Wildman–Crippen MR) is 124 cm³/mol. The molecule has 0 amide bonds. The van der Waals surface area contributed by atoms with Crippen LogP contribution in [-0.2, 0) is 11.2 Å². The molecule has 5 rings (SSSR count). The predicted octanol–water partition coefficient (Wildman–Crippen LogP) is 3.85. The Morgan fingerprint density at radius 3 is 2.72 bits per heavy atom. The zero-order chi connectivity index (χ0) is 22.2. The van der Waals surface area contributed by atoms with Gasteiger partial charge in [0.15, 0.2) is 5.65 Å². The van der Waals surface area contributed by atoms with Gasteiger partial charge in [-0.2, -0.15) is 0 Å². The van der Waals surface area contributed by atoms with Crippen molar-refractivity contribution in [1.82, 2.24) is 14.4 Å². The molecule has 10 heteroatoms. The maximum absolute atomic E-state index is 13.1. The highest BCUT2D eigenvalue weighted by molar-refractivity contribution is 9.10. The van der Waals surface area contributed by atoms with Gasteiger partial charge >= 0.3 is 5.56 Å². The van der Waals surface area contributed by atoms with Crippen molar-refractivity contribution in [3.8, 4) is 16.5 Å². The van der Waals surface area contributed by atoms with Gasteiger partial charge in [-0.05, 0) is 39.7 Å². The lowest BCUT2D eigenvalue weighted by Crippen LogP contribution is -2.36. The van der Waals surface area contributed by atoms with E-state index in [0.717, 1.165) is 29.2 Å². The normalized spacial score (nSPS) is 14.2. The number of aromatic nitrogens is 3. The molecule has 0 aliphatic carbocycles. The first-order valence-corrected chi connectivity index (χ1v) is 11.6. The lowest BCUT2D eigenvalue weighted by atomic mass is 10.1. The van der Waals surface area contributed by atoms with E-state index in [2.05, 4.69) is 30.8 Å². The minimum Gasteiger partial charge on any atom is -0.501 e. The van der Waals surface area contributed by atoms with E-state index in [0.29, 0.717) is 34.8 Å². The summed E-state index contributed by atoms with van der Waals surface area (Å²) in [6, 6.07) is 8.18. The van der Waals surface area contributed by atoms with Crippen LogP contribution in [0.3, 0.4) is 0 Å². The molecule has 4 aromatic rings. The number of aromatic hydroxyl groups is 1. The Labute approximate surface area is 194 Å². The lowest BCUT2D eigenvalue weighted by Gasteiger charge is -2.29. The highest BCUT2D eigenvalue weighted by atomic mass is 79.9. The molecule has 4 heterocycles. The number of pyridine rings is 1. The molecule has 3 aromatic heterocycles. The Hall–Kier alpha value is -2.82. The summed E-state index contributed by atoms with van der Waals surface area (Å²) in [4.78, 5) is 24.9. The van der Waals surface area contributed by atoms with E-state index < -0.39 is 11.3 Å². The van der Waals surface area contributed by atoms with Crippen LogP contribution in [0, 0.1) is 5.82 Å². The number of nitrogens with zero attached hydrogens (tertiary/aromatic N) is 4. The number of anilines is 1. The summed E-state index contributed by atoms with van der Waals surface area (Å²) < 4.78 is 20.5. The van der Waals surface area contributed by atoms with Crippen LogP contribution in [0.5, 0.6) is 5.75 Å². The van der Waals surface area contributed by atoms with Crippen molar-refractivity contribution in [1.29, 1.82) is 0 Å². The van der Waals surface area contributed by atoms with Gasteiger partial charge in [-0.3, -0.25) is 9.20 Å². The molecule has 1 N–H and O–H groups in total. The number of hydrogen-bond donors (Lipinski definition) is 1. The Morgan fingerprint density at radius 1 is 1.22 bits per heavy atom. The minimum absolute atomic E-state index is 0.144. The number of thiazole rings is 1. The van der Waals surface area contributed by atoms with Crippen molar-refractivity contribution in [2.45, 2.75) is 6.42 Å². The quantitative estimate of drug-likeness (QED) is 0.443. The van der Waals surface area contributed by atoms with E-state index in [-0.39, 0.29) is 11.5 Å². The zero-order valence-corrected chi connectivity index (χ0v) is 19.2. The highest BCUT2D eigenvalue weighted by Gasteiger charge is 2.20. The zero-order valence-electron chi connectivity index (χ0n) is 16.8. The fraction of sp³-hybridized carbons (Fsp3) is 0.227. The van der Waals surface area contributed by atoms with Crippen molar-refractivity contribution in [3.05, 3.63) is 73.8 Å². The molecule has 7 nitrogen and oxygen atoms in total. The van der Waals surface area contributed by atoms with Crippen molar-refractivity contribution >= 4 is 38.6 Å². The molecular weight excluding hydrogens is 499 g/mol. The van der Waals surface area contributed by atoms with E-state index in [1.165, 1.54) is 27.9 Å². The molecule has 164 valence electrons. The second-order valence-electron chi connectivity index (χ2n) is 7.39. The van der Waals surface area contributed by atoms with Crippen LogP contribution in [0.1, 0.15) is 10.4 Å². The third-order valence-corrected chi connectivity index (χ3v) is 6.85. The molecule has 0 atom stereocenters. The number of fused-ring (bicyclic) bond motifs is 1. The standard InChI is InChI=1S/C22H18BrFN4O3S/c23-17-10-15(27-5-7-31-8-6-27)12-28-20(17)26-18(19(29)22(28)30)21-25-11-16(32-21)9-13-1-3-14(24)4-2-13/h1-4,10-12,29H,5-9H2. The molecule has 1 saturated heterocycles. The summed E-state index contributed by atoms with van der Waals surface area (Å²) in [5.41, 5.74) is 1.77. The number of halogens is 2. The first-order valence-electron chi connectivity index (χ1n) is 9.96. The topological polar surface area (TPSA) is 80.0 Å². The molecule has 1 aliphatic rings. The fourth-order valence-corrected chi connectivity index (χ4v) is 5.07. The first kappa shape index (κ1) is 21.0. The summed E-state index contributed by atoms with van der Waals surface area (Å²) >= 11 is 4.86. The van der Waals surface area contributed by atoms with Gasteiger partial charge in [0.05, 0.1) is 23.4 Å². The number of rotatable bonds is 4. The third-order valence-electron chi connectivity index (χ3n) is 5.27. The lowest BCUT2D eigenvalue weighted by molar-refractivity contribution is 0.122. The molecule has 0 unspecified atom stereocenters. The summed E-state index contributed by atoms with van der Waals surface area (Å²) in [5.74, 6) is -0.733. The van der Waals surface area contributed by atoms with Gasteiger partial charge in [-0.1, -0.05) is 12.1 Å². The van der Waals surface area contributed by atoms with Crippen molar-refractivity contribution in [3.63, 3.8) is 0 Å². The molecule has 1 aliphatic heterocycles. The van der Waals surface area contributed by atoms with E-state index in [1.807, 2.05) is 6.07 Å². The molecule has 32 heavy (non-hydrogen) atoms. The number of hydrogen-bond acceptors (Lipinski definition) is 7. The molecular formula is C22H18BrFN4O3S. The Bertz CT molecular complexity index is 1350. The maximum atomic E-state index is 13.1. The van der Waals surface area contributed by atoms with Crippen molar-refractivity contribution < 1.29 is 14.2 Å². The molecule has 1 fully saturated rings. The van der Waals surface area contributed by atoms with Gasteiger partial charge in [0.25, 0.3) is 0 Å². The Morgan fingerprint density at radius 2 is 1.97 bits per heavy atom. The maximum Gasteiger partial charge on any atom is 0.300 e. The van der Waals surface area contributed by atoms with E-state index in [1.54, 1.807) is 24.5 Å². The molecule has 0 bridgehead atoms. The van der Waals surface area contributed by atoms with E-state index >= 15 is 0 Å². The van der Waals surface area contributed by atoms with E-state index in [4.69, 9.17) is 4.74 Å².